The first-order valence-corrected chi connectivity index (χ1v) is 4.39. The first kappa shape index (κ1) is 9.39. The second kappa shape index (κ2) is 3.53. The molecule has 76 valence electrons. The Balaban J connectivity index is 2.48. The lowest BCUT2D eigenvalue weighted by atomic mass is 10.3. The maximum absolute atomic E-state index is 10.8. The minimum atomic E-state index is -1.03. The van der Waals surface area contributed by atoms with Gasteiger partial charge in [-0.1, -0.05) is 0 Å². The molecule has 0 bridgehead atoms. The summed E-state index contributed by atoms with van der Waals surface area (Å²) in [5, 5.41) is 8.83. The molecule has 0 aliphatic heterocycles. The number of hydrogen-bond acceptors (Lipinski definition) is 3. The molecule has 5 nitrogen and oxygen atoms in total. The van der Waals surface area contributed by atoms with E-state index < -0.39 is 5.97 Å². The molecule has 0 fully saturated rings. The summed E-state index contributed by atoms with van der Waals surface area (Å²) < 4.78 is 0. The lowest BCUT2D eigenvalue weighted by molar-refractivity contribution is 0.0690. The first-order chi connectivity index (χ1) is 7.18. The number of nitrogens with one attached hydrogen (secondary N) is 1. The molecule has 2 N–H and O–H groups in total. The van der Waals surface area contributed by atoms with Crippen LogP contribution in [0.15, 0.2) is 24.5 Å². The Labute approximate surface area is 85.8 Å². The lowest BCUT2D eigenvalue weighted by Crippen LogP contribution is -1.98. The quantitative estimate of drug-likeness (QED) is 0.774. The number of carboxylic acids is 1. The predicted octanol–water partition coefficient (Wildman–Crippen LogP) is 1.48. The summed E-state index contributed by atoms with van der Waals surface area (Å²) in [6.45, 7) is 1.68. The van der Waals surface area contributed by atoms with Gasteiger partial charge in [0.15, 0.2) is 5.69 Å². The van der Waals surface area contributed by atoms with E-state index in [0.29, 0.717) is 11.5 Å². The van der Waals surface area contributed by atoms with E-state index in [1.165, 1.54) is 0 Å². The molecule has 15 heavy (non-hydrogen) atoms. The van der Waals surface area contributed by atoms with Gasteiger partial charge in [-0.15, -0.1) is 0 Å². The van der Waals surface area contributed by atoms with Gasteiger partial charge in [0.05, 0.1) is 0 Å². The summed E-state index contributed by atoms with van der Waals surface area (Å²) in [6.07, 6.45) is 3.28. The van der Waals surface area contributed by atoms with Gasteiger partial charge < -0.3 is 10.1 Å². The fraction of sp³-hybridized carbons (Fsp3) is 0.100. The van der Waals surface area contributed by atoms with Crippen LogP contribution in [-0.2, 0) is 0 Å². The lowest BCUT2D eigenvalue weighted by Gasteiger charge is -1.92. The molecule has 2 aromatic rings. The molecular weight excluding hydrogens is 194 g/mol. The van der Waals surface area contributed by atoms with Crippen LogP contribution >= 0.6 is 0 Å². The molecule has 0 spiro atoms. The number of pyridine rings is 1. The molecule has 0 aliphatic rings. The summed E-state index contributed by atoms with van der Waals surface area (Å²) >= 11 is 0. The van der Waals surface area contributed by atoms with Crippen molar-refractivity contribution in [1.29, 1.82) is 0 Å². The van der Waals surface area contributed by atoms with Crippen LogP contribution in [0.2, 0.25) is 0 Å². The van der Waals surface area contributed by atoms with Gasteiger partial charge in [-0.25, -0.2) is 9.78 Å². The number of aromatic carboxylic acids is 1. The highest BCUT2D eigenvalue weighted by Gasteiger charge is 2.13. The van der Waals surface area contributed by atoms with Crippen LogP contribution in [0, 0.1) is 6.92 Å². The van der Waals surface area contributed by atoms with Crippen molar-refractivity contribution >= 4 is 5.97 Å². The number of rotatable bonds is 2. The Hall–Kier alpha value is -2.17. The third kappa shape index (κ3) is 1.71. The van der Waals surface area contributed by atoms with Crippen molar-refractivity contribution in [3.05, 3.63) is 35.9 Å². The Bertz CT molecular complexity index is 491. The molecule has 2 rings (SSSR count). The summed E-state index contributed by atoms with van der Waals surface area (Å²) in [6, 6.07) is 3.59. The fourth-order valence-corrected chi connectivity index (χ4v) is 1.31. The third-order valence-corrected chi connectivity index (χ3v) is 2.02. The number of aryl methyl sites for hydroxylation is 1. The van der Waals surface area contributed by atoms with Crippen LogP contribution in [0.4, 0.5) is 0 Å². The normalized spacial score (nSPS) is 10.2. The van der Waals surface area contributed by atoms with Gasteiger partial charge in [-0.3, -0.25) is 4.98 Å². The predicted molar refractivity (Wildman–Crippen MR) is 53.5 cm³/mol. The largest absolute Gasteiger partial charge is 0.476 e. The van der Waals surface area contributed by atoms with E-state index in [0.717, 1.165) is 5.56 Å². The van der Waals surface area contributed by atoms with Gasteiger partial charge in [0.1, 0.15) is 5.82 Å². The zero-order valence-electron chi connectivity index (χ0n) is 8.06. The van der Waals surface area contributed by atoms with Gasteiger partial charge in [0.2, 0.25) is 0 Å². The second-order valence-electron chi connectivity index (χ2n) is 3.11. The number of H-pyrrole nitrogens is 1. The Morgan fingerprint density at radius 2 is 2.33 bits per heavy atom. The Morgan fingerprint density at radius 1 is 1.53 bits per heavy atom. The number of aromatic nitrogens is 3. The van der Waals surface area contributed by atoms with Gasteiger partial charge in [-0.05, 0) is 19.1 Å². The standard InChI is InChI=1S/C10H9N3O2/c1-6-8(10(14)15)13-9(12-6)7-3-2-4-11-5-7/h2-5H,1H3,(H,12,13)(H,14,15). The smallest absolute Gasteiger partial charge is 0.356 e. The second-order valence-corrected chi connectivity index (χ2v) is 3.11. The first-order valence-electron chi connectivity index (χ1n) is 4.39. The number of imidazole rings is 1. The van der Waals surface area contributed by atoms with Crippen LogP contribution in [0.1, 0.15) is 16.2 Å². The number of carboxylic acid groups (broad SMARTS) is 1. The van der Waals surface area contributed by atoms with Crippen LogP contribution in [-0.4, -0.2) is 26.0 Å². The van der Waals surface area contributed by atoms with Gasteiger partial charge >= 0.3 is 5.97 Å². The highest BCUT2D eigenvalue weighted by atomic mass is 16.4. The van der Waals surface area contributed by atoms with E-state index in [1.807, 2.05) is 6.07 Å². The summed E-state index contributed by atoms with van der Waals surface area (Å²) in [7, 11) is 0. The Kier molecular flexibility index (Phi) is 2.21. The van der Waals surface area contributed by atoms with E-state index in [-0.39, 0.29) is 5.69 Å². The molecule has 0 saturated carbocycles. The van der Waals surface area contributed by atoms with E-state index in [9.17, 15) is 4.79 Å². The van der Waals surface area contributed by atoms with Gasteiger partial charge in [-0.2, -0.15) is 0 Å². The van der Waals surface area contributed by atoms with Crippen molar-refractivity contribution in [3.63, 3.8) is 0 Å². The molecule has 0 aromatic carbocycles. The summed E-state index contributed by atoms with van der Waals surface area (Å²) in [5.41, 5.74) is 1.36. The van der Waals surface area contributed by atoms with Gasteiger partial charge in [0, 0.05) is 23.7 Å². The van der Waals surface area contributed by atoms with Crippen LogP contribution < -0.4 is 0 Å². The average molecular weight is 203 g/mol. The van der Waals surface area contributed by atoms with Crippen molar-refractivity contribution < 1.29 is 9.90 Å². The number of nitrogens with zero attached hydrogens (tertiary/aromatic N) is 2. The minimum Gasteiger partial charge on any atom is -0.476 e. The van der Waals surface area contributed by atoms with Gasteiger partial charge in [0.25, 0.3) is 0 Å². The van der Waals surface area contributed by atoms with Crippen LogP contribution in [0.3, 0.4) is 0 Å². The number of aromatic amines is 1. The van der Waals surface area contributed by atoms with E-state index >= 15 is 0 Å². The maximum Gasteiger partial charge on any atom is 0.356 e. The highest BCUT2D eigenvalue weighted by molar-refractivity contribution is 5.87. The molecule has 5 heteroatoms. The molecule has 0 unspecified atom stereocenters. The molecule has 0 amide bonds. The molecule has 0 atom stereocenters. The van der Waals surface area contributed by atoms with Crippen LogP contribution in [0.25, 0.3) is 11.4 Å². The highest BCUT2D eigenvalue weighted by Crippen LogP contribution is 2.16. The van der Waals surface area contributed by atoms with Crippen molar-refractivity contribution in [2.24, 2.45) is 0 Å². The minimum absolute atomic E-state index is 0.0499. The molecule has 0 aliphatic carbocycles. The van der Waals surface area contributed by atoms with Crippen molar-refractivity contribution in [2.45, 2.75) is 6.92 Å². The van der Waals surface area contributed by atoms with Crippen molar-refractivity contribution in [3.8, 4) is 11.4 Å². The molecule has 0 radical (unpaired) electrons. The van der Waals surface area contributed by atoms with Crippen molar-refractivity contribution in [2.75, 3.05) is 0 Å². The van der Waals surface area contributed by atoms with E-state index in [4.69, 9.17) is 5.11 Å². The molecular formula is C10H9N3O2. The molecule has 2 heterocycles. The van der Waals surface area contributed by atoms with Crippen LogP contribution in [0.5, 0.6) is 0 Å². The molecule has 0 saturated heterocycles. The number of carbonyl (C=O) groups is 1. The number of hydrogen-bond donors (Lipinski definition) is 2. The van der Waals surface area contributed by atoms with E-state index in [2.05, 4.69) is 15.0 Å². The maximum atomic E-state index is 10.8. The monoisotopic (exact) mass is 203 g/mol. The summed E-state index contributed by atoms with van der Waals surface area (Å²) in [4.78, 5) is 21.6. The SMILES string of the molecule is Cc1[nH]c(-c2cccnc2)nc1C(=O)O. The molecule has 2 aromatic heterocycles. The summed E-state index contributed by atoms with van der Waals surface area (Å²) in [5.74, 6) is -0.503. The van der Waals surface area contributed by atoms with Crippen molar-refractivity contribution in [1.82, 2.24) is 15.0 Å². The Morgan fingerprint density at radius 3 is 2.87 bits per heavy atom. The topological polar surface area (TPSA) is 78.9 Å². The zero-order valence-corrected chi connectivity index (χ0v) is 8.06. The zero-order chi connectivity index (χ0) is 10.8. The van der Waals surface area contributed by atoms with E-state index in [1.54, 1.807) is 25.4 Å². The average Bonchev–Trinajstić information content (AvgIpc) is 2.62. The third-order valence-electron chi connectivity index (χ3n) is 2.02. The fourth-order valence-electron chi connectivity index (χ4n) is 1.31.